The number of hydrogen-bond donors (Lipinski definition) is 2. The van der Waals surface area contributed by atoms with Crippen molar-refractivity contribution in [2.24, 2.45) is 0 Å². The summed E-state index contributed by atoms with van der Waals surface area (Å²) in [5, 5.41) is 6.37. The molecule has 154 valence electrons. The van der Waals surface area contributed by atoms with Crippen molar-refractivity contribution in [1.29, 1.82) is 0 Å². The molecule has 0 aliphatic rings. The number of hydrogen-bond acceptors (Lipinski definition) is 3. The number of carbonyl (C=O) groups is 1. The topological polar surface area (TPSA) is 55.9 Å². The molecule has 0 saturated heterocycles. The largest absolute Gasteiger partial charge is 0.496 e. The minimum Gasteiger partial charge on any atom is -0.496 e. The van der Waals surface area contributed by atoms with E-state index in [1.807, 2.05) is 42.5 Å². The summed E-state index contributed by atoms with van der Waals surface area (Å²) < 4.78 is 11.2. The van der Waals surface area contributed by atoms with Crippen molar-refractivity contribution in [2.75, 3.05) is 27.7 Å². The van der Waals surface area contributed by atoms with Crippen LogP contribution in [0.3, 0.4) is 0 Å². The van der Waals surface area contributed by atoms with E-state index in [0.717, 1.165) is 38.6 Å². The molecule has 4 rings (SSSR count). The lowest BCUT2D eigenvalue weighted by Crippen LogP contribution is -3.07. The predicted octanol–water partition coefficient (Wildman–Crippen LogP) is 3.14. The van der Waals surface area contributed by atoms with Gasteiger partial charge in [0.2, 0.25) is 5.91 Å². The number of likely N-dealkylation sites (N-methyl/N-ethyl adjacent to an activating group) is 1. The number of nitrogens with one attached hydrogen (secondary N) is 2. The molecule has 0 saturated carbocycles. The Hall–Kier alpha value is -3.31. The maximum absolute atomic E-state index is 12.8. The molecular formula is C25H27N2O3+. The van der Waals surface area contributed by atoms with Crippen molar-refractivity contribution in [1.82, 2.24) is 5.32 Å². The van der Waals surface area contributed by atoms with Gasteiger partial charge in [0, 0.05) is 10.9 Å². The van der Waals surface area contributed by atoms with Crippen LogP contribution in [0.2, 0.25) is 0 Å². The van der Waals surface area contributed by atoms with E-state index in [4.69, 9.17) is 9.15 Å². The van der Waals surface area contributed by atoms with Gasteiger partial charge in [0.1, 0.15) is 17.4 Å². The number of amides is 1. The first-order valence-electron chi connectivity index (χ1n) is 10.2. The Labute approximate surface area is 176 Å². The highest BCUT2D eigenvalue weighted by atomic mass is 16.5. The minimum absolute atomic E-state index is 0.0215. The van der Waals surface area contributed by atoms with Gasteiger partial charge in [-0.05, 0) is 29.0 Å². The Balaban J connectivity index is 1.53. The lowest BCUT2D eigenvalue weighted by atomic mass is 10.0. The molecule has 0 fully saturated rings. The number of quaternary nitrogens is 1. The van der Waals surface area contributed by atoms with Gasteiger partial charge in [-0.25, -0.2) is 0 Å². The van der Waals surface area contributed by atoms with Gasteiger partial charge in [-0.2, -0.15) is 0 Å². The Morgan fingerprint density at radius 1 is 1.07 bits per heavy atom. The highest BCUT2D eigenvalue weighted by Crippen LogP contribution is 2.30. The van der Waals surface area contributed by atoms with Gasteiger partial charge < -0.3 is 19.4 Å². The van der Waals surface area contributed by atoms with Gasteiger partial charge in [-0.3, -0.25) is 4.79 Å². The van der Waals surface area contributed by atoms with Crippen LogP contribution in [-0.2, 0) is 11.2 Å². The first kappa shape index (κ1) is 20.0. The van der Waals surface area contributed by atoms with Crippen LogP contribution in [0, 0.1) is 0 Å². The molecule has 3 aromatic carbocycles. The minimum atomic E-state index is -0.0215. The molecule has 30 heavy (non-hydrogen) atoms. The zero-order chi connectivity index (χ0) is 21.1. The van der Waals surface area contributed by atoms with E-state index in [0.29, 0.717) is 6.54 Å². The van der Waals surface area contributed by atoms with Crippen molar-refractivity contribution in [3.8, 4) is 5.75 Å². The molecule has 0 unspecified atom stereocenters. The van der Waals surface area contributed by atoms with Crippen LogP contribution in [-0.4, -0.2) is 33.7 Å². The lowest BCUT2D eigenvalue weighted by Gasteiger charge is -2.23. The van der Waals surface area contributed by atoms with Crippen molar-refractivity contribution >= 4 is 27.6 Å². The van der Waals surface area contributed by atoms with Crippen molar-refractivity contribution in [3.63, 3.8) is 0 Å². The highest BCUT2D eigenvalue weighted by Gasteiger charge is 2.23. The van der Waals surface area contributed by atoms with E-state index in [1.54, 1.807) is 13.4 Å². The van der Waals surface area contributed by atoms with Crippen LogP contribution in [0.1, 0.15) is 17.2 Å². The molecular weight excluding hydrogens is 376 g/mol. The lowest BCUT2D eigenvalue weighted by molar-refractivity contribution is -0.890. The number of fused-ring (bicyclic) bond motifs is 3. The molecule has 5 nitrogen and oxygen atoms in total. The van der Waals surface area contributed by atoms with Gasteiger partial charge in [-0.1, -0.05) is 42.5 Å². The van der Waals surface area contributed by atoms with E-state index in [1.165, 1.54) is 4.90 Å². The second kappa shape index (κ2) is 8.59. The van der Waals surface area contributed by atoms with Crippen molar-refractivity contribution in [2.45, 2.75) is 12.5 Å². The Kier molecular flexibility index (Phi) is 5.72. The van der Waals surface area contributed by atoms with Gasteiger partial charge in [0.05, 0.1) is 46.0 Å². The maximum Gasteiger partial charge on any atom is 0.224 e. The van der Waals surface area contributed by atoms with Crippen LogP contribution < -0.4 is 15.0 Å². The van der Waals surface area contributed by atoms with Crippen LogP contribution in [0.15, 0.2) is 71.3 Å². The monoisotopic (exact) mass is 403 g/mol. The summed E-state index contributed by atoms with van der Waals surface area (Å²) in [5.74, 6) is 0.817. The molecule has 1 aromatic heterocycles. The second-order valence-corrected chi connectivity index (χ2v) is 7.77. The number of carbonyl (C=O) groups excluding carboxylic acids is 1. The first-order chi connectivity index (χ1) is 14.6. The third-order valence-electron chi connectivity index (χ3n) is 5.61. The van der Waals surface area contributed by atoms with E-state index < -0.39 is 0 Å². The number of benzene rings is 3. The number of rotatable bonds is 7. The number of ether oxygens (including phenoxy) is 1. The van der Waals surface area contributed by atoms with Crippen molar-refractivity contribution in [3.05, 3.63) is 78.1 Å². The third-order valence-corrected chi connectivity index (χ3v) is 5.61. The van der Waals surface area contributed by atoms with Gasteiger partial charge in [0.25, 0.3) is 0 Å². The predicted molar refractivity (Wildman–Crippen MR) is 119 cm³/mol. The zero-order valence-electron chi connectivity index (χ0n) is 17.6. The number of para-hydroxylation sites is 1. The molecule has 0 aliphatic carbocycles. The van der Waals surface area contributed by atoms with Crippen molar-refractivity contribution < 1.29 is 18.8 Å². The average Bonchev–Trinajstić information content (AvgIpc) is 3.17. The van der Waals surface area contributed by atoms with E-state index >= 15 is 0 Å². The van der Waals surface area contributed by atoms with E-state index in [2.05, 4.69) is 37.6 Å². The molecule has 0 radical (unpaired) electrons. The third kappa shape index (κ3) is 3.89. The van der Waals surface area contributed by atoms with E-state index in [9.17, 15) is 4.79 Å². The summed E-state index contributed by atoms with van der Waals surface area (Å²) in [7, 11) is 5.84. The van der Waals surface area contributed by atoms with Crippen LogP contribution >= 0.6 is 0 Å². The first-order valence-corrected chi connectivity index (χ1v) is 10.2. The smallest absolute Gasteiger partial charge is 0.224 e. The van der Waals surface area contributed by atoms with Gasteiger partial charge >= 0.3 is 0 Å². The fourth-order valence-corrected chi connectivity index (χ4v) is 4.04. The summed E-state index contributed by atoms with van der Waals surface area (Å²) in [5.41, 5.74) is 2.80. The molecule has 1 heterocycles. The molecule has 5 heteroatoms. The summed E-state index contributed by atoms with van der Waals surface area (Å²) >= 11 is 0. The zero-order valence-corrected chi connectivity index (χ0v) is 17.6. The Bertz CT molecular complexity index is 1180. The molecule has 1 amide bonds. The number of furan rings is 1. The summed E-state index contributed by atoms with van der Waals surface area (Å²) in [6.07, 6.45) is 1.98. The fraction of sp³-hybridized carbons (Fsp3) is 0.240. The van der Waals surface area contributed by atoms with Crippen LogP contribution in [0.4, 0.5) is 0 Å². The standard InChI is InChI=1S/C25H26N2O3/c1-27(2)21(20-10-6-7-11-22(20)29-3)15-26-24(28)14-18-16-30-23-13-12-17-8-4-5-9-19(17)25(18)23/h4-13,16,21H,14-15H2,1-3H3,(H,26,28)/p+1/t21-/m0/s1. The van der Waals surface area contributed by atoms with Gasteiger partial charge in [-0.15, -0.1) is 0 Å². The molecule has 0 aliphatic heterocycles. The SMILES string of the molecule is COc1ccccc1[C@H](CNC(=O)Cc1coc2ccc3ccccc3c12)[NH+](C)C. The molecule has 2 N–H and O–H groups in total. The summed E-state index contributed by atoms with van der Waals surface area (Å²) in [6, 6.07) is 20.2. The quantitative estimate of drug-likeness (QED) is 0.499. The van der Waals surface area contributed by atoms with Crippen LogP contribution in [0.25, 0.3) is 21.7 Å². The molecule has 4 aromatic rings. The average molecular weight is 404 g/mol. The Morgan fingerprint density at radius 2 is 1.83 bits per heavy atom. The van der Waals surface area contributed by atoms with Gasteiger partial charge in [0.15, 0.2) is 0 Å². The summed E-state index contributed by atoms with van der Waals surface area (Å²) in [4.78, 5) is 14.0. The normalized spacial score (nSPS) is 12.4. The Morgan fingerprint density at radius 3 is 2.63 bits per heavy atom. The molecule has 0 spiro atoms. The molecule has 0 bridgehead atoms. The number of methoxy groups -OCH3 is 1. The van der Waals surface area contributed by atoms with Crippen LogP contribution in [0.5, 0.6) is 5.75 Å². The highest BCUT2D eigenvalue weighted by molar-refractivity contribution is 6.08. The fourth-order valence-electron chi connectivity index (χ4n) is 4.04. The summed E-state index contributed by atoms with van der Waals surface area (Å²) in [6.45, 7) is 0.526. The molecule has 1 atom stereocenters. The second-order valence-electron chi connectivity index (χ2n) is 7.77. The maximum atomic E-state index is 12.8. The van der Waals surface area contributed by atoms with E-state index in [-0.39, 0.29) is 18.4 Å².